The molecule has 5 heterocycles. The highest BCUT2D eigenvalue weighted by molar-refractivity contribution is 5.83. The Morgan fingerprint density at radius 2 is 1.91 bits per heavy atom. The van der Waals surface area contributed by atoms with Gasteiger partial charge in [-0.3, -0.25) is 4.68 Å². The van der Waals surface area contributed by atoms with Gasteiger partial charge in [0.15, 0.2) is 11.6 Å². The molecule has 5 aromatic rings. The van der Waals surface area contributed by atoms with Crippen LogP contribution in [-0.4, -0.2) is 51.0 Å². The molecule has 168 valence electrons. The van der Waals surface area contributed by atoms with Gasteiger partial charge in [-0.15, -0.1) is 5.10 Å². The van der Waals surface area contributed by atoms with Crippen LogP contribution in [0.1, 0.15) is 25.5 Å². The van der Waals surface area contributed by atoms with Gasteiger partial charge in [0.2, 0.25) is 11.7 Å². The molecule has 0 radical (unpaired) electrons. The van der Waals surface area contributed by atoms with E-state index in [1.54, 1.807) is 25.7 Å². The molecule has 0 unspecified atom stereocenters. The fraction of sp³-hybridized carbons (Fsp3) is 0.273. The maximum atomic E-state index is 5.11. The number of nitrogens with zero attached hydrogens (tertiary/aromatic N) is 9. The molecule has 33 heavy (non-hydrogen) atoms. The van der Waals surface area contributed by atoms with Gasteiger partial charge in [-0.25, -0.2) is 24.5 Å². The standard InChI is InChI=1S/C22H24N10O/c1-13(2)31-8-6-16(28-31)15-12-32-19(14(15)3)20(26-17-10-25-18(33-5)11-24-17)27-21(29-32)22-23-7-9-30(22)4/h6-13H,1-5H3,(H,24,26,27,29). The molecule has 0 bridgehead atoms. The van der Waals surface area contributed by atoms with E-state index in [9.17, 15) is 0 Å². The van der Waals surface area contributed by atoms with E-state index in [0.29, 0.717) is 29.2 Å². The van der Waals surface area contributed by atoms with Crippen LogP contribution >= 0.6 is 0 Å². The third-order valence-corrected chi connectivity index (χ3v) is 5.40. The van der Waals surface area contributed by atoms with Crippen molar-refractivity contribution in [2.45, 2.75) is 26.8 Å². The molecule has 0 aliphatic carbocycles. The normalized spacial score (nSPS) is 11.5. The molecular weight excluding hydrogens is 420 g/mol. The fourth-order valence-electron chi connectivity index (χ4n) is 3.63. The monoisotopic (exact) mass is 444 g/mol. The van der Waals surface area contributed by atoms with Crippen LogP contribution in [0.4, 0.5) is 11.6 Å². The number of fused-ring (bicyclic) bond motifs is 1. The zero-order valence-electron chi connectivity index (χ0n) is 19.1. The molecule has 1 N–H and O–H groups in total. The van der Waals surface area contributed by atoms with Crippen molar-refractivity contribution < 1.29 is 4.74 Å². The summed E-state index contributed by atoms with van der Waals surface area (Å²) in [7, 11) is 3.46. The lowest BCUT2D eigenvalue weighted by Gasteiger charge is -2.10. The van der Waals surface area contributed by atoms with Crippen LogP contribution in [0.15, 0.2) is 43.2 Å². The second-order valence-electron chi connectivity index (χ2n) is 7.95. The van der Waals surface area contributed by atoms with E-state index in [1.165, 1.54) is 0 Å². The summed E-state index contributed by atoms with van der Waals surface area (Å²) in [6.07, 6.45) is 10.7. The Balaban J connectivity index is 1.67. The molecular formula is C22H24N10O. The summed E-state index contributed by atoms with van der Waals surface area (Å²) in [4.78, 5) is 17.8. The molecule has 0 fully saturated rings. The third kappa shape index (κ3) is 3.67. The van der Waals surface area contributed by atoms with Crippen LogP contribution in [0.25, 0.3) is 28.4 Å². The van der Waals surface area contributed by atoms with Crippen LogP contribution in [0.5, 0.6) is 5.88 Å². The molecule has 0 aliphatic heterocycles. The smallest absolute Gasteiger partial charge is 0.232 e. The van der Waals surface area contributed by atoms with E-state index in [-0.39, 0.29) is 6.04 Å². The van der Waals surface area contributed by atoms with Crippen molar-refractivity contribution >= 4 is 17.2 Å². The number of aromatic nitrogens is 9. The average molecular weight is 445 g/mol. The minimum absolute atomic E-state index is 0.275. The average Bonchev–Trinajstić information content (AvgIpc) is 3.53. The Morgan fingerprint density at radius 1 is 1.06 bits per heavy atom. The molecule has 0 saturated carbocycles. The Kier molecular flexibility index (Phi) is 5.00. The number of imidazole rings is 1. The van der Waals surface area contributed by atoms with Crippen molar-refractivity contribution in [3.8, 4) is 28.8 Å². The second kappa shape index (κ2) is 8.01. The lowest BCUT2D eigenvalue weighted by molar-refractivity contribution is 0.396. The van der Waals surface area contributed by atoms with Crippen LogP contribution < -0.4 is 10.1 Å². The first-order valence-electron chi connectivity index (χ1n) is 10.5. The quantitative estimate of drug-likeness (QED) is 0.424. The zero-order valence-corrected chi connectivity index (χ0v) is 19.1. The molecule has 11 nitrogen and oxygen atoms in total. The minimum Gasteiger partial charge on any atom is -0.480 e. The highest BCUT2D eigenvalue weighted by atomic mass is 16.5. The van der Waals surface area contributed by atoms with E-state index < -0.39 is 0 Å². The number of hydrogen-bond donors (Lipinski definition) is 1. The number of rotatable bonds is 6. The molecule has 0 aliphatic rings. The topological polar surface area (TPSA) is 113 Å². The molecule has 5 rings (SSSR count). The third-order valence-electron chi connectivity index (χ3n) is 5.40. The van der Waals surface area contributed by atoms with Gasteiger partial charge in [-0.05, 0) is 32.4 Å². The lowest BCUT2D eigenvalue weighted by atomic mass is 10.1. The largest absolute Gasteiger partial charge is 0.480 e. The molecule has 0 saturated heterocycles. The van der Waals surface area contributed by atoms with Gasteiger partial charge in [0, 0.05) is 43.4 Å². The van der Waals surface area contributed by atoms with Crippen LogP contribution in [0.2, 0.25) is 0 Å². The maximum absolute atomic E-state index is 5.11. The number of methoxy groups -OCH3 is 1. The van der Waals surface area contributed by atoms with Crippen LogP contribution in [0.3, 0.4) is 0 Å². The van der Waals surface area contributed by atoms with Gasteiger partial charge in [-0.2, -0.15) is 5.10 Å². The van der Waals surface area contributed by atoms with Gasteiger partial charge >= 0.3 is 0 Å². The first-order chi connectivity index (χ1) is 15.9. The Bertz CT molecular complexity index is 1430. The summed E-state index contributed by atoms with van der Waals surface area (Å²) in [5.41, 5.74) is 3.67. The zero-order chi connectivity index (χ0) is 23.1. The maximum Gasteiger partial charge on any atom is 0.232 e. The van der Waals surface area contributed by atoms with Crippen molar-refractivity contribution in [3.63, 3.8) is 0 Å². The first-order valence-corrected chi connectivity index (χ1v) is 10.5. The Hall–Kier alpha value is -4.28. The van der Waals surface area contributed by atoms with Crippen molar-refractivity contribution in [1.29, 1.82) is 0 Å². The predicted molar refractivity (Wildman–Crippen MR) is 123 cm³/mol. The summed E-state index contributed by atoms with van der Waals surface area (Å²) >= 11 is 0. The van der Waals surface area contributed by atoms with E-state index in [2.05, 4.69) is 34.1 Å². The molecule has 0 amide bonds. The van der Waals surface area contributed by atoms with Crippen LogP contribution in [-0.2, 0) is 7.05 Å². The molecule has 5 aromatic heterocycles. The summed E-state index contributed by atoms with van der Waals surface area (Å²) in [5.74, 6) is 2.69. The fourth-order valence-corrected chi connectivity index (χ4v) is 3.63. The van der Waals surface area contributed by atoms with Crippen molar-refractivity contribution in [2.75, 3.05) is 12.4 Å². The summed E-state index contributed by atoms with van der Waals surface area (Å²) in [6, 6.07) is 2.29. The summed E-state index contributed by atoms with van der Waals surface area (Å²) in [5, 5.41) is 12.8. The molecule has 0 spiro atoms. The van der Waals surface area contributed by atoms with Crippen molar-refractivity contribution in [2.24, 2.45) is 7.05 Å². The minimum atomic E-state index is 0.275. The van der Waals surface area contributed by atoms with E-state index >= 15 is 0 Å². The van der Waals surface area contributed by atoms with E-state index in [1.807, 2.05) is 52.4 Å². The highest BCUT2D eigenvalue weighted by Crippen LogP contribution is 2.32. The van der Waals surface area contributed by atoms with Gasteiger partial charge < -0.3 is 14.6 Å². The Labute approximate surface area is 190 Å². The molecule has 0 aromatic carbocycles. The highest BCUT2D eigenvalue weighted by Gasteiger charge is 2.20. The summed E-state index contributed by atoms with van der Waals surface area (Å²) in [6.45, 7) is 6.23. The van der Waals surface area contributed by atoms with Crippen molar-refractivity contribution in [3.05, 3.63) is 48.8 Å². The number of ether oxygens (including phenoxy) is 1. The van der Waals surface area contributed by atoms with E-state index in [0.717, 1.165) is 22.3 Å². The molecule has 0 atom stereocenters. The van der Waals surface area contributed by atoms with Gasteiger partial charge in [0.1, 0.15) is 11.3 Å². The lowest BCUT2D eigenvalue weighted by Crippen LogP contribution is -2.07. The first kappa shape index (κ1) is 20.6. The van der Waals surface area contributed by atoms with Gasteiger partial charge in [-0.1, -0.05) is 0 Å². The van der Waals surface area contributed by atoms with Crippen molar-refractivity contribution in [1.82, 2.24) is 43.9 Å². The number of aryl methyl sites for hydroxylation is 2. The van der Waals surface area contributed by atoms with Crippen LogP contribution in [0, 0.1) is 6.92 Å². The molecule has 11 heteroatoms. The van der Waals surface area contributed by atoms with Gasteiger partial charge in [0.05, 0.1) is 25.2 Å². The van der Waals surface area contributed by atoms with E-state index in [4.69, 9.17) is 19.9 Å². The number of hydrogen-bond acceptors (Lipinski definition) is 8. The number of anilines is 2. The van der Waals surface area contributed by atoms with Gasteiger partial charge in [0.25, 0.3) is 0 Å². The Morgan fingerprint density at radius 3 is 2.55 bits per heavy atom. The predicted octanol–water partition coefficient (Wildman–Crippen LogP) is 3.42. The summed E-state index contributed by atoms with van der Waals surface area (Å²) < 4.78 is 10.7. The SMILES string of the molecule is COc1cnc(Nc2nc(-c3nccn3C)nn3cc(-c4ccn(C(C)C)n4)c(C)c23)cn1. The number of nitrogens with one attached hydrogen (secondary N) is 1. The second-order valence-corrected chi connectivity index (χ2v) is 7.95.